The summed E-state index contributed by atoms with van der Waals surface area (Å²) in [4.78, 5) is 38.7. The van der Waals surface area contributed by atoms with E-state index in [0.29, 0.717) is 11.4 Å². The molecule has 1 atom stereocenters. The van der Waals surface area contributed by atoms with Crippen molar-refractivity contribution in [2.24, 2.45) is 0 Å². The van der Waals surface area contributed by atoms with Crippen molar-refractivity contribution in [2.45, 2.75) is 19.4 Å². The summed E-state index contributed by atoms with van der Waals surface area (Å²) >= 11 is 0. The molecular formula is C14H17N3O3. The average Bonchev–Trinajstić information content (AvgIpc) is 2.51. The second kappa shape index (κ2) is 5.32. The van der Waals surface area contributed by atoms with Gasteiger partial charge in [-0.2, -0.15) is 0 Å². The molecule has 3 amide bonds. The lowest BCUT2D eigenvalue weighted by atomic mass is 10.1. The molecule has 1 unspecified atom stereocenters. The molecule has 2 rings (SSSR count). The van der Waals surface area contributed by atoms with E-state index in [-0.39, 0.29) is 18.4 Å². The summed E-state index contributed by atoms with van der Waals surface area (Å²) in [5, 5.41) is 2.75. The highest BCUT2D eigenvalue weighted by molar-refractivity contribution is 6.40. The van der Waals surface area contributed by atoms with Crippen LogP contribution in [0.1, 0.15) is 13.3 Å². The number of carbonyl (C=O) groups is 3. The van der Waals surface area contributed by atoms with Crippen molar-refractivity contribution >= 4 is 29.1 Å². The number of rotatable bonds is 0. The second-order valence-electron chi connectivity index (χ2n) is 4.99. The van der Waals surface area contributed by atoms with Gasteiger partial charge >= 0.3 is 11.8 Å². The van der Waals surface area contributed by atoms with E-state index in [1.165, 1.54) is 23.9 Å². The number of nitrogens with zero attached hydrogens (tertiary/aromatic N) is 2. The van der Waals surface area contributed by atoms with Crippen LogP contribution < -0.4 is 10.2 Å². The van der Waals surface area contributed by atoms with Crippen LogP contribution in [0.4, 0.5) is 11.4 Å². The first-order chi connectivity index (χ1) is 9.41. The lowest BCUT2D eigenvalue weighted by Crippen LogP contribution is -2.47. The lowest BCUT2D eigenvalue weighted by molar-refractivity contribution is -0.143. The zero-order valence-corrected chi connectivity index (χ0v) is 11.7. The minimum Gasteiger partial charge on any atom is -0.341 e. The highest BCUT2D eigenvalue weighted by Gasteiger charge is 2.33. The molecule has 0 aliphatic carbocycles. The van der Waals surface area contributed by atoms with Gasteiger partial charge in [0.2, 0.25) is 5.91 Å². The number of likely N-dealkylation sites (N-methyl/N-ethyl adjacent to an activating group) is 1. The van der Waals surface area contributed by atoms with E-state index in [1.54, 1.807) is 31.2 Å². The van der Waals surface area contributed by atoms with Gasteiger partial charge in [0.15, 0.2) is 0 Å². The number of anilines is 2. The van der Waals surface area contributed by atoms with Gasteiger partial charge in [-0.05, 0) is 19.1 Å². The summed E-state index contributed by atoms with van der Waals surface area (Å²) in [6.45, 7) is 1.75. The molecule has 0 saturated heterocycles. The Morgan fingerprint density at radius 3 is 2.60 bits per heavy atom. The molecule has 1 aliphatic rings. The molecule has 6 heteroatoms. The molecular weight excluding hydrogens is 258 g/mol. The summed E-state index contributed by atoms with van der Waals surface area (Å²) < 4.78 is 0. The Balaban J connectivity index is 2.47. The van der Waals surface area contributed by atoms with Gasteiger partial charge in [-0.15, -0.1) is 0 Å². The van der Waals surface area contributed by atoms with Crippen LogP contribution in [0.15, 0.2) is 24.3 Å². The van der Waals surface area contributed by atoms with Crippen LogP contribution in [0.25, 0.3) is 0 Å². The lowest BCUT2D eigenvalue weighted by Gasteiger charge is -2.28. The molecule has 0 bridgehead atoms. The summed E-state index contributed by atoms with van der Waals surface area (Å²) in [7, 11) is 3.05. The van der Waals surface area contributed by atoms with Crippen LogP contribution in [-0.4, -0.2) is 42.8 Å². The SMILES string of the molecule is CC1CC(=O)Nc2ccccc2N1C(=O)C(=O)N(C)C. The fourth-order valence-corrected chi connectivity index (χ4v) is 2.19. The van der Waals surface area contributed by atoms with Gasteiger partial charge in [0.25, 0.3) is 0 Å². The Morgan fingerprint density at radius 2 is 1.95 bits per heavy atom. The number of fused-ring (bicyclic) bond motifs is 1. The molecule has 0 saturated carbocycles. The van der Waals surface area contributed by atoms with Crippen LogP contribution in [-0.2, 0) is 14.4 Å². The van der Waals surface area contributed by atoms with E-state index >= 15 is 0 Å². The maximum atomic E-state index is 12.4. The van der Waals surface area contributed by atoms with Crippen LogP contribution in [0, 0.1) is 0 Å². The third-order valence-electron chi connectivity index (χ3n) is 3.17. The van der Waals surface area contributed by atoms with Gasteiger partial charge in [0.1, 0.15) is 0 Å². The molecule has 20 heavy (non-hydrogen) atoms. The molecule has 1 aliphatic heterocycles. The zero-order valence-electron chi connectivity index (χ0n) is 11.7. The van der Waals surface area contributed by atoms with E-state index in [9.17, 15) is 14.4 Å². The molecule has 1 heterocycles. The first-order valence-corrected chi connectivity index (χ1v) is 6.35. The number of hydrogen-bond acceptors (Lipinski definition) is 3. The zero-order chi connectivity index (χ0) is 14.9. The number of para-hydroxylation sites is 2. The maximum absolute atomic E-state index is 12.4. The number of nitrogens with one attached hydrogen (secondary N) is 1. The van der Waals surface area contributed by atoms with Crippen LogP contribution in [0.3, 0.4) is 0 Å². The third-order valence-corrected chi connectivity index (χ3v) is 3.17. The van der Waals surface area contributed by atoms with Crippen molar-refractivity contribution in [1.29, 1.82) is 0 Å². The minimum absolute atomic E-state index is 0.154. The van der Waals surface area contributed by atoms with E-state index < -0.39 is 11.8 Å². The van der Waals surface area contributed by atoms with Crippen molar-refractivity contribution in [2.75, 3.05) is 24.3 Å². The van der Waals surface area contributed by atoms with Crippen LogP contribution in [0.5, 0.6) is 0 Å². The van der Waals surface area contributed by atoms with Gasteiger partial charge < -0.3 is 10.2 Å². The van der Waals surface area contributed by atoms with Gasteiger partial charge in [0.05, 0.1) is 11.4 Å². The van der Waals surface area contributed by atoms with Gasteiger partial charge in [-0.25, -0.2) is 0 Å². The molecule has 1 N–H and O–H groups in total. The number of benzene rings is 1. The molecule has 1 aromatic carbocycles. The smallest absolute Gasteiger partial charge is 0.316 e. The Bertz CT molecular complexity index is 569. The minimum atomic E-state index is -0.633. The summed E-state index contributed by atoms with van der Waals surface area (Å²) in [6, 6.07) is 6.59. The van der Waals surface area contributed by atoms with Crippen LogP contribution in [0.2, 0.25) is 0 Å². The number of amides is 3. The van der Waals surface area contributed by atoms with Gasteiger partial charge in [-0.3, -0.25) is 19.3 Å². The Labute approximate surface area is 117 Å². The molecule has 106 valence electrons. The molecule has 6 nitrogen and oxygen atoms in total. The Hall–Kier alpha value is -2.37. The molecule has 0 spiro atoms. The Kier molecular flexibility index (Phi) is 3.74. The largest absolute Gasteiger partial charge is 0.341 e. The van der Waals surface area contributed by atoms with E-state index in [0.717, 1.165) is 0 Å². The van der Waals surface area contributed by atoms with Gasteiger partial charge in [-0.1, -0.05) is 12.1 Å². The molecule has 0 radical (unpaired) electrons. The number of hydrogen-bond donors (Lipinski definition) is 1. The van der Waals surface area contributed by atoms with Crippen LogP contribution >= 0.6 is 0 Å². The normalized spacial score (nSPS) is 17.9. The molecule has 0 fully saturated rings. The van der Waals surface area contributed by atoms with Crippen molar-refractivity contribution in [1.82, 2.24) is 4.90 Å². The van der Waals surface area contributed by atoms with E-state index in [2.05, 4.69) is 5.32 Å². The average molecular weight is 275 g/mol. The standard InChI is InChI=1S/C14H17N3O3/c1-9-8-12(18)15-10-6-4-5-7-11(10)17(9)14(20)13(19)16(2)3/h4-7,9H,8H2,1-3H3,(H,15,18). The predicted octanol–water partition coefficient (Wildman–Crippen LogP) is 0.838. The molecule has 1 aromatic rings. The second-order valence-corrected chi connectivity index (χ2v) is 4.99. The monoisotopic (exact) mass is 275 g/mol. The highest BCUT2D eigenvalue weighted by Crippen LogP contribution is 2.31. The first-order valence-electron chi connectivity index (χ1n) is 6.35. The maximum Gasteiger partial charge on any atom is 0.316 e. The first kappa shape index (κ1) is 14.0. The summed E-state index contributed by atoms with van der Waals surface area (Å²) in [6.07, 6.45) is 0.154. The topological polar surface area (TPSA) is 69.7 Å². The number of carbonyl (C=O) groups excluding carboxylic acids is 3. The fourth-order valence-electron chi connectivity index (χ4n) is 2.19. The third kappa shape index (κ3) is 2.49. The predicted molar refractivity (Wildman–Crippen MR) is 75.3 cm³/mol. The highest BCUT2D eigenvalue weighted by atomic mass is 16.2. The Morgan fingerprint density at radius 1 is 1.30 bits per heavy atom. The van der Waals surface area contributed by atoms with Crippen molar-refractivity contribution in [3.05, 3.63) is 24.3 Å². The van der Waals surface area contributed by atoms with Gasteiger partial charge in [0, 0.05) is 26.6 Å². The van der Waals surface area contributed by atoms with Crippen molar-refractivity contribution < 1.29 is 14.4 Å². The van der Waals surface area contributed by atoms with Crippen molar-refractivity contribution in [3.63, 3.8) is 0 Å². The van der Waals surface area contributed by atoms with E-state index in [1.807, 2.05) is 0 Å². The molecule has 0 aromatic heterocycles. The fraction of sp³-hybridized carbons (Fsp3) is 0.357. The van der Waals surface area contributed by atoms with Crippen molar-refractivity contribution in [3.8, 4) is 0 Å². The summed E-state index contributed by atoms with van der Waals surface area (Å²) in [5.41, 5.74) is 1.09. The summed E-state index contributed by atoms with van der Waals surface area (Å²) in [5.74, 6) is -1.41. The quantitative estimate of drug-likeness (QED) is 0.713. The van der Waals surface area contributed by atoms with E-state index in [4.69, 9.17) is 0 Å².